The number of aliphatic hydroxyl groups is 5. The number of esters is 1. The van der Waals surface area contributed by atoms with Crippen molar-refractivity contribution < 1.29 is 80.3 Å². The van der Waals surface area contributed by atoms with E-state index in [2.05, 4.69) is 20.3 Å². The lowest BCUT2D eigenvalue weighted by Gasteiger charge is -2.53. The molecule has 4 heterocycles. The van der Waals surface area contributed by atoms with Crippen LogP contribution < -0.4 is 15.4 Å². The molecule has 3 fully saturated rings. The number of carbonyl (C=O) groups is 1. The molecule has 8 N–H and O–H groups in total. The highest BCUT2D eigenvalue weighted by atomic mass is 32.2. The minimum atomic E-state index is -4.65. The topological polar surface area (TPSA) is 260 Å². The molecule has 19 nitrogen and oxygen atoms in total. The molecule has 3 aliphatic heterocycles. The number of hydrogen-bond acceptors (Lipinski definition) is 17. The molecule has 0 unspecified atom stereocenters. The van der Waals surface area contributed by atoms with Crippen LogP contribution in [0.25, 0.3) is 0 Å². The van der Waals surface area contributed by atoms with Crippen LogP contribution >= 0.6 is 0 Å². The third kappa shape index (κ3) is 14.1. The maximum absolute atomic E-state index is 14.6. The first-order chi connectivity index (χ1) is 33.8. The SMILES string of the molecule is CC[C@H]1OC(=O)[C@H](C)[C@@H](O[C@H]2C[C@@](C)(OC)[C@](O)(CNCc3ccncc3)[C@H](C)O2)[C@H](C)[C@@H](O[C@@H]2O[C@H](C)C[C@H](N(C)S(=O)(=O)Nc3ccc(C(F)(F)F)cc3)[C@H]2O)[C@](C)(O)C[C@@H](C)CN[C@H](C)[C@@H](O)[C@]1(C)O. The van der Waals surface area contributed by atoms with E-state index in [-0.39, 0.29) is 50.4 Å². The molecule has 1 aromatic carbocycles. The molecule has 73 heavy (non-hydrogen) atoms. The normalized spacial score (nSPS) is 39.8. The number of pyridine rings is 1. The number of hydrogen-bond donors (Lipinski definition) is 8. The fraction of sp³-hybridized carbons (Fsp3) is 0.760. The second-order valence-corrected chi connectivity index (χ2v) is 22.9. The largest absolute Gasteiger partial charge is 0.459 e. The summed E-state index contributed by atoms with van der Waals surface area (Å²) < 4.78 is 109. The molecule has 1 aromatic heterocycles. The number of nitrogens with zero attached hydrogens (tertiary/aromatic N) is 2. The molecule has 23 heteroatoms. The van der Waals surface area contributed by atoms with Gasteiger partial charge in [0.1, 0.15) is 35.1 Å². The van der Waals surface area contributed by atoms with Crippen molar-refractivity contribution in [3.63, 3.8) is 0 Å². The Morgan fingerprint density at radius 2 is 1.58 bits per heavy atom. The quantitative estimate of drug-likeness (QED) is 0.125. The van der Waals surface area contributed by atoms with E-state index in [4.69, 9.17) is 28.4 Å². The van der Waals surface area contributed by atoms with Crippen molar-refractivity contribution in [2.45, 2.75) is 197 Å². The predicted molar refractivity (Wildman–Crippen MR) is 263 cm³/mol. The van der Waals surface area contributed by atoms with Gasteiger partial charge in [0.05, 0.1) is 47.5 Å². The van der Waals surface area contributed by atoms with Gasteiger partial charge in [-0.1, -0.05) is 20.8 Å². The number of alkyl halides is 3. The number of methoxy groups -OCH3 is 1. The van der Waals surface area contributed by atoms with Gasteiger partial charge in [-0.25, -0.2) is 0 Å². The third-order valence-electron chi connectivity index (χ3n) is 15.3. The van der Waals surface area contributed by atoms with Crippen LogP contribution in [0.1, 0.15) is 106 Å². The van der Waals surface area contributed by atoms with Crippen LogP contribution in [0.15, 0.2) is 48.8 Å². The molecule has 2 aromatic rings. The molecule has 0 radical (unpaired) electrons. The molecule has 0 saturated carbocycles. The zero-order valence-corrected chi connectivity index (χ0v) is 44.8. The molecule has 0 aliphatic carbocycles. The molecule has 5 rings (SSSR count). The number of rotatable bonds is 14. The van der Waals surface area contributed by atoms with E-state index in [1.54, 1.807) is 53.9 Å². The van der Waals surface area contributed by atoms with Crippen molar-refractivity contribution in [1.82, 2.24) is 19.9 Å². The van der Waals surface area contributed by atoms with Crippen molar-refractivity contribution in [2.24, 2.45) is 17.8 Å². The van der Waals surface area contributed by atoms with E-state index in [0.717, 1.165) is 34.1 Å². The molecule has 3 saturated heterocycles. The summed E-state index contributed by atoms with van der Waals surface area (Å²) in [6.45, 7) is 17.0. The van der Waals surface area contributed by atoms with Crippen molar-refractivity contribution in [2.75, 3.05) is 32.0 Å². The van der Waals surface area contributed by atoms with Gasteiger partial charge < -0.3 is 64.6 Å². The van der Waals surface area contributed by atoms with Gasteiger partial charge in [-0.05, 0) is 122 Å². The second kappa shape index (κ2) is 24.0. The maximum Gasteiger partial charge on any atom is 0.416 e. The van der Waals surface area contributed by atoms with Crippen LogP contribution in [0.3, 0.4) is 0 Å². The van der Waals surface area contributed by atoms with E-state index in [9.17, 15) is 51.9 Å². The van der Waals surface area contributed by atoms with E-state index in [1.165, 1.54) is 34.9 Å². The van der Waals surface area contributed by atoms with E-state index < -0.39 is 130 Å². The highest BCUT2D eigenvalue weighted by molar-refractivity contribution is 7.90. The molecule has 416 valence electrons. The Balaban J connectivity index is 1.52. The fourth-order valence-electron chi connectivity index (χ4n) is 10.6. The van der Waals surface area contributed by atoms with Crippen LogP contribution in [-0.2, 0) is 56.1 Å². The summed E-state index contributed by atoms with van der Waals surface area (Å²) in [5, 5.41) is 67.0. The number of cyclic esters (lactones) is 1. The predicted octanol–water partition coefficient (Wildman–Crippen LogP) is 3.86. The fourth-order valence-corrected chi connectivity index (χ4v) is 11.8. The standard InChI is InChI=1S/C50H80F3N5O14S/c1-13-38-48(10,63)42(60)32(6)56-25-28(2)23-46(8,62)43(72-45-40(59)37(22-29(3)68-45)58(11)73(65,66)57-36-16-14-35(15-17-36)50(51,52)53)30(4)41(31(5)44(61)70-38)71-39-24-47(9,67-12)49(64,33(7)69-39)27-55-26-34-18-20-54-21-19-34/h14-21,28-33,37-43,45,55-57,59-60,62-64H,13,22-27H2,1-12H3/t28-,29-,30+,31-,32-,33+,37+,38-,39+,40-,41+,42-,43-,45+,46-,47-,48-,49+/m1/s1. The Morgan fingerprint density at radius 1 is 0.945 bits per heavy atom. The first kappa shape index (κ1) is 60.7. The Bertz CT molecular complexity index is 2200. The lowest BCUT2D eigenvalue weighted by atomic mass is 9.75. The molecular formula is C50H80F3N5O14S. The second-order valence-electron chi connectivity index (χ2n) is 21.2. The number of anilines is 1. The highest BCUT2D eigenvalue weighted by Gasteiger charge is 2.58. The molecule has 0 amide bonds. The zero-order valence-electron chi connectivity index (χ0n) is 44.0. The number of nitrogens with one attached hydrogen (secondary N) is 3. The van der Waals surface area contributed by atoms with Crippen molar-refractivity contribution in [3.05, 3.63) is 59.9 Å². The highest BCUT2D eigenvalue weighted by Crippen LogP contribution is 2.43. The van der Waals surface area contributed by atoms with E-state index in [0.29, 0.717) is 6.54 Å². The molecule has 3 aliphatic rings. The lowest BCUT2D eigenvalue weighted by molar-refractivity contribution is -0.336. The van der Waals surface area contributed by atoms with Gasteiger partial charge in [-0.3, -0.25) is 14.5 Å². The summed E-state index contributed by atoms with van der Waals surface area (Å²) in [5.41, 5.74) is -6.95. The third-order valence-corrected chi connectivity index (χ3v) is 16.8. The van der Waals surface area contributed by atoms with Gasteiger partial charge >= 0.3 is 22.4 Å². The Morgan fingerprint density at radius 3 is 2.16 bits per heavy atom. The van der Waals surface area contributed by atoms with E-state index in [1.807, 2.05) is 19.1 Å². The summed E-state index contributed by atoms with van der Waals surface area (Å²) in [4.78, 5) is 18.6. The number of aliphatic hydroxyl groups excluding tert-OH is 2. The van der Waals surface area contributed by atoms with Gasteiger partial charge in [-0.15, -0.1) is 0 Å². The van der Waals surface area contributed by atoms with Crippen LogP contribution in [0.2, 0.25) is 0 Å². The van der Waals surface area contributed by atoms with Gasteiger partial charge in [-0.2, -0.15) is 25.9 Å². The van der Waals surface area contributed by atoms with Gasteiger partial charge in [0.15, 0.2) is 12.6 Å². The zero-order chi connectivity index (χ0) is 54.6. The summed E-state index contributed by atoms with van der Waals surface area (Å²) >= 11 is 0. The average molecular weight is 1060 g/mol. The van der Waals surface area contributed by atoms with Crippen molar-refractivity contribution in [1.29, 1.82) is 0 Å². The number of halogens is 3. The van der Waals surface area contributed by atoms with Crippen LogP contribution in [-0.4, -0.2) is 166 Å². The Labute approximate surface area is 428 Å². The Hall–Kier alpha value is -3.14. The first-order valence-corrected chi connectivity index (χ1v) is 26.4. The molecule has 0 spiro atoms. The monoisotopic (exact) mass is 1060 g/mol. The molecular weight excluding hydrogens is 984 g/mol. The van der Waals surface area contributed by atoms with Crippen molar-refractivity contribution in [3.8, 4) is 0 Å². The van der Waals surface area contributed by atoms with E-state index >= 15 is 0 Å². The Kier molecular flexibility index (Phi) is 20.0. The number of benzene rings is 1. The van der Waals surface area contributed by atoms with Gasteiger partial charge in [0.25, 0.3) is 0 Å². The summed E-state index contributed by atoms with van der Waals surface area (Å²) in [7, 11) is -1.89. The summed E-state index contributed by atoms with van der Waals surface area (Å²) in [5.74, 6) is -3.48. The minimum Gasteiger partial charge on any atom is -0.459 e. The first-order valence-electron chi connectivity index (χ1n) is 25.0. The average Bonchev–Trinajstić information content (AvgIpc) is 3.32. The number of likely N-dealkylation sites (N-methyl/N-ethyl adjacent to an activating group) is 1. The van der Waals surface area contributed by atoms with Gasteiger partial charge in [0, 0.05) is 63.7 Å². The lowest BCUT2D eigenvalue weighted by Crippen LogP contribution is -2.70. The summed E-state index contributed by atoms with van der Waals surface area (Å²) in [6.07, 6.45) is -12.9. The maximum atomic E-state index is 14.6. The van der Waals surface area contributed by atoms with Crippen LogP contribution in [0.4, 0.5) is 18.9 Å². The van der Waals surface area contributed by atoms with Crippen LogP contribution in [0, 0.1) is 17.8 Å². The minimum absolute atomic E-state index is 0.00269. The smallest absolute Gasteiger partial charge is 0.416 e. The van der Waals surface area contributed by atoms with Crippen LogP contribution in [0.5, 0.6) is 0 Å². The number of ether oxygens (including phenoxy) is 6. The summed E-state index contributed by atoms with van der Waals surface area (Å²) in [6, 6.07) is 5.13. The molecule has 18 atom stereocenters. The molecule has 0 bridgehead atoms. The number of aromatic nitrogens is 1. The van der Waals surface area contributed by atoms with Gasteiger partial charge in [0.2, 0.25) is 0 Å². The van der Waals surface area contributed by atoms with Crippen molar-refractivity contribution >= 4 is 21.9 Å². The number of carbonyl (C=O) groups excluding carboxylic acids is 1.